The fourth-order valence-electron chi connectivity index (χ4n) is 2.48. The number of hydrogen-bond donors (Lipinski definition) is 3. The number of rotatable bonds is 5. The Bertz CT molecular complexity index is 837. The van der Waals surface area contributed by atoms with Gasteiger partial charge in [0.1, 0.15) is 17.6 Å². The quantitative estimate of drug-likeness (QED) is 0.668. The van der Waals surface area contributed by atoms with Crippen LogP contribution in [0.3, 0.4) is 0 Å². The Kier molecular flexibility index (Phi) is 5.38. The van der Waals surface area contributed by atoms with Crippen molar-refractivity contribution in [2.24, 2.45) is 10.7 Å². The van der Waals surface area contributed by atoms with Crippen molar-refractivity contribution in [2.75, 3.05) is 13.2 Å². The molecule has 3 rings (SSSR count). The van der Waals surface area contributed by atoms with E-state index < -0.39 is 23.9 Å². The van der Waals surface area contributed by atoms with Crippen molar-refractivity contribution in [3.8, 4) is 6.07 Å². The molecule has 134 valence electrons. The molecule has 0 bridgehead atoms. The van der Waals surface area contributed by atoms with E-state index in [0.717, 1.165) is 0 Å². The third kappa shape index (κ3) is 3.78. The molecule has 0 aromatic heterocycles. The molecule has 2 heterocycles. The van der Waals surface area contributed by atoms with E-state index in [0.29, 0.717) is 24.5 Å². The van der Waals surface area contributed by atoms with Crippen LogP contribution in [0.25, 0.3) is 0 Å². The molecular weight excluding hydrogens is 341 g/mol. The van der Waals surface area contributed by atoms with E-state index >= 15 is 0 Å². The number of halogens is 1. The Balaban J connectivity index is 1.97. The van der Waals surface area contributed by atoms with Crippen LogP contribution in [0.1, 0.15) is 11.9 Å². The van der Waals surface area contributed by atoms with Gasteiger partial charge in [-0.3, -0.25) is 4.79 Å². The maximum Gasteiger partial charge on any atom is 0.228 e. The Morgan fingerprint density at radius 2 is 2.19 bits per heavy atom. The highest BCUT2D eigenvalue weighted by molar-refractivity contribution is 6.50. The molecule has 0 spiro atoms. The number of benzene rings is 1. The fraction of sp³-hybridized carbons (Fsp3) is 0.235. The first-order valence-corrected chi connectivity index (χ1v) is 7.79. The second-order valence-electron chi connectivity index (χ2n) is 5.42. The fourth-order valence-corrected chi connectivity index (χ4v) is 2.48. The summed E-state index contributed by atoms with van der Waals surface area (Å²) in [6.45, 7) is 0.772. The molecule has 2 aliphatic rings. The van der Waals surface area contributed by atoms with Gasteiger partial charge in [-0.25, -0.2) is 14.8 Å². The first-order chi connectivity index (χ1) is 12.6. The SMILES string of the molecule is N#CC1C=C(C(=O)C(C=CN)=Nc2ccc(F)cc2C2OCCO2)NN1. The van der Waals surface area contributed by atoms with E-state index in [9.17, 15) is 9.18 Å². The molecular formula is C17H16FN5O3. The van der Waals surface area contributed by atoms with Gasteiger partial charge in [-0.15, -0.1) is 0 Å². The average molecular weight is 357 g/mol. The largest absolute Gasteiger partial charge is 0.405 e. The number of carbonyl (C=O) groups excluding carboxylic acids is 1. The minimum absolute atomic E-state index is 0.0116. The summed E-state index contributed by atoms with van der Waals surface area (Å²) in [5, 5.41) is 8.89. The van der Waals surface area contributed by atoms with Gasteiger partial charge in [0, 0.05) is 5.56 Å². The molecule has 1 saturated heterocycles. The number of nitriles is 1. The highest BCUT2D eigenvalue weighted by atomic mass is 19.1. The number of aliphatic imine (C=N–C) groups is 1. The van der Waals surface area contributed by atoms with E-state index in [1.54, 1.807) is 0 Å². The zero-order valence-electron chi connectivity index (χ0n) is 13.6. The molecule has 9 heteroatoms. The van der Waals surface area contributed by atoms with Gasteiger partial charge < -0.3 is 20.6 Å². The molecule has 0 radical (unpaired) electrons. The number of nitrogens with zero attached hydrogens (tertiary/aromatic N) is 2. The van der Waals surface area contributed by atoms with Gasteiger partial charge in [-0.2, -0.15) is 5.26 Å². The van der Waals surface area contributed by atoms with Gasteiger partial charge in [0.25, 0.3) is 0 Å². The maximum absolute atomic E-state index is 13.7. The predicted octanol–water partition coefficient (Wildman–Crippen LogP) is 0.869. The van der Waals surface area contributed by atoms with Gasteiger partial charge in [0.15, 0.2) is 6.29 Å². The summed E-state index contributed by atoms with van der Waals surface area (Å²) in [5.74, 6) is -0.943. The summed E-state index contributed by atoms with van der Waals surface area (Å²) >= 11 is 0. The van der Waals surface area contributed by atoms with Crippen molar-refractivity contribution < 1.29 is 18.7 Å². The van der Waals surface area contributed by atoms with Crippen molar-refractivity contribution in [2.45, 2.75) is 12.3 Å². The Morgan fingerprint density at radius 3 is 2.85 bits per heavy atom. The van der Waals surface area contributed by atoms with Crippen molar-refractivity contribution in [3.05, 3.63) is 53.6 Å². The van der Waals surface area contributed by atoms with Crippen LogP contribution in [0.2, 0.25) is 0 Å². The standard InChI is InChI=1S/C17H16FN5O3/c18-10-1-2-13(12(7-10)17-25-5-6-26-17)21-14(3-4-19)16(24)15-8-11(9-20)22-23-15/h1-4,7-8,11,17,22-23H,5-6,19H2. The van der Waals surface area contributed by atoms with Gasteiger partial charge in [0.05, 0.1) is 30.7 Å². The van der Waals surface area contributed by atoms with Crippen molar-refractivity contribution in [1.82, 2.24) is 10.9 Å². The van der Waals surface area contributed by atoms with Gasteiger partial charge >= 0.3 is 0 Å². The minimum Gasteiger partial charge on any atom is -0.405 e. The summed E-state index contributed by atoms with van der Waals surface area (Å²) in [5.41, 5.74) is 11.6. The number of carbonyl (C=O) groups is 1. The van der Waals surface area contributed by atoms with Gasteiger partial charge in [-0.05, 0) is 36.6 Å². The summed E-state index contributed by atoms with van der Waals surface area (Å²) in [7, 11) is 0. The van der Waals surface area contributed by atoms with E-state index in [-0.39, 0.29) is 11.4 Å². The lowest BCUT2D eigenvalue weighted by Crippen LogP contribution is -2.33. The number of allylic oxidation sites excluding steroid dienone is 2. The normalized spacial score (nSPS) is 20.8. The first-order valence-electron chi connectivity index (χ1n) is 7.79. The summed E-state index contributed by atoms with van der Waals surface area (Å²) < 4.78 is 24.5. The summed E-state index contributed by atoms with van der Waals surface area (Å²) in [6, 6.07) is 5.25. The third-order valence-electron chi connectivity index (χ3n) is 3.67. The van der Waals surface area contributed by atoms with Crippen LogP contribution >= 0.6 is 0 Å². The van der Waals surface area contributed by atoms with Gasteiger partial charge in [0.2, 0.25) is 5.78 Å². The maximum atomic E-state index is 13.7. The number of hydrogen-bond acceptors (Lipinski definition) is 8. The van der Waals surface area contributed by atoms with Crippen LogP contribution in [0.15, 0.2) is 47.2 Å². The highest BCUT2D eigenvalue weighted by Gasteiger charge is 2.25. The van der Waals surface area contributed by atoms with Crippen LogP contribution in [0, 0.1) is 17.1 Å². The topological polar surface area (TPSA) is 122 Å². The van der Waals surface area contributed by atoms with E-state index in [1.807, 2.05) is 6.07 Å². The molecule has 0 amide bonds. The number of ketones is 1. The molecule has 1 aromatic rings. The lowest BCUT2D eigenvalue weighted by molar-refractivity contribution is -0.110. The zero-order chi connectivity index (χ0) is 18.5. The highest BCUT2D eigenvalue weighted by Crippen LogP contribution is 2.32. The molecule has 2 aliphatic heterocycles. The predicted molar refractivity (Wildman–Crippen MR) is 90.2 cm³/mol. The number of Topliss-reactive ketones (excluding diaryl/α,β-unsaturated/α-hetero) is 1. The Labute approximate surface area is 148 Å². The molecule has 1 aromatic carbocycles. The number of nitrogens with one attached hydrogen (secondary N) is 2. The summed E-state index contributed by atoms with van der Waals surface area (Å²) in [4.78, 5) is 17.0. The molecule has 0 saturated carbocycles. The lowest BCUT2D eigenvalue weighted by atomic mass is 10.1. The molecule has 1 atom stereocenters. The van der Waals surface area contributed by atoms with Crippen LogP contribution in [-0.4, -0.2) is 30.8 Å². The summed E-state index contributed by atoms with van der Waals surface area (Å²) in [6.07, 6.45) is 3.19. The molecule has 1 unspecified atom stereocenters. The van der Waals surface area contributed by atoms with E-state index in [1.165, 1.54) is 36.6 Å². The average Bonchev–Trinajstić information content (AvgIpc) is 3.33. The van der Waals surface area contributed by atoms with Crippen LogP contribution in [-0.2, 0) is 14.3 Å². The third-order valence-corrected chi connectivity index (χ3v) is 3.67. The number of nitrogens with two attached hydrogens (primary N) is 1. The van der Waals surface area contributed by atoms with E-state index in [2.05, 4.69) is 15.8 Å². The number of ether oxygens (including phenoxy) is 2. The Hall–Kier alpha value is -3.06. The van der Waals surface area contributed by atoms with Crippen LogP contribution < -0.4 is 16.6 Å². The Morgan fingerprint density at radius 1 is 1.42 bits per heavy atom. The lowest BCUT2D eigenvalue weighted by Gasteiger charge is -2.13. The molecule has 26 heavy (non-hydrogen) atoms. The van der Waals surface area contributed by atoms with Crippen molar-refractivity contribution in [3.63, 3.8) is 0 Å². The molecule has 8 nitrogen and oxygen atoms in total. The molecule has 0 aliphatic carbocycles. The monoisotopic (exact) mass is 357 g/mol. The van der Waals surface area contributed by atoms with Crippen molar-refractivity contribution in [1.29, 1.82) is 5.26 Å². The second kappa shape index (κ2) is 7.88. The van der Waals surface area contributed by atoms with Crippen LogP contribution in [0.5, 0.6) is 0 Å². The minimum atomic E-state index is -0.754. The first kappa shape index (κ1) is 17.8. The van der Waals surface area contributed by atoms with E-state index in [4.69, 9.17) is 20.5 Å². The van der Waals surface area contributed by atoms with Crippen LogP contribution in [0.4, 0.5) is 10.1 Å². The smallest absolute Gasteiger partial charge is 0.228 e. The zero-order valence-corrected chi connectivity index (χ0v) is 13.6. The number of hydrazine groups is 1. The van der Waals surface area contributed by atoms with Gasteiger partial charge in [-0.1, -0.05) is 0 Å². The molecule has 1 fully saturated rings. The molecule has 4 N–H and O–H groups in total. The second-order valence-corrected chi connectivity index (χ2v) is 5.42. The van der Waals surface area contributed by atoms with Crippen molar-refractivity contribution >= 4 is 17.2 Å².